The predicted molar refractivity (Wildman–Crippen MR) is 115 cm³/mol. The van der Waals surface area contributed by atoms with Crippen LogP contribution in [0.3, 0.4) is 0 Å². The maximum Gasteiger partial charge on any atom is 0.139 e. The van der Waals surface area contributed by atoms with Crippen molar-refractivity contribution in [2.75, 3.05) is 0 Å². The summed E-state index contributed by atoms with van der Waals surface area (Å²) in [6.07, 6.45) is 3.09. The van der Waals surface area contributed by atoms with Crippen LogP contribution in [0.25, 0.3) is 0 Å². The highest BCUT2D eigenvalue weighted by Crippen LogP contribution is 2.12. The molecule has 0 aliphatic carbocycles. The topological polar surface area (TPSA) is 0 Å². The molecule has 0 bridgehead atoms. The van der Waals surface area contributed by atoms with Gasteiger partial charge in [0.05, 0.1) is 5.56 Å². The lowest BCUT2D eigenvalue weighted by atomic mass is 10.1. The predicted octanol–water partition coefficient (Wildman–Crippen LogP) is 6.28. The average Bonchev–Trinajstić information content (AvgIpc) is 2.72. The van der Waals surface area contributed by atoms with Crippen LogP contribution in [0.4, 0.5) is 4.39 Å². The van der Waals surface area contributed by atoms with Crippen molar-refractivity contribution >= 4 is 0 Å². The molecule has 0 saturated heterocycles. The van der Waals surface area contributed by atoms with Gasteiger partial charge >= 0.3 is 0 Å². The van der Waals surface area contributed by atoms with E-state index in [9.17, 15) is 4.39 Å². The molecule has 1 heteroatoms. The van der Waals surface area contributed by atoms with Gasteiger partial charge < -0.3 is 0 Å². The van der Waals surface area contributed by atoms with Gasteiger partial charge in [-0.05, 0) is 73.9 Å². The Morgan fingerprint density at radius 3 is 1.79 bits per heavy atom. The van der Waals surface area contributed by atoms with Gasteiger partial charge in [-0.25, -0.2) is 4.39 Å². The lowest BCUT2D eigenvalue weighted by molar-refractivity contribution is 0.620. The SMILES string of the molecule is CCCCc1ccc(C#Cc2ccc(C#Cc3ccc(C)cc3)cc2)c(F)c1. The Morgan fingerprint density at radius 2 is 1.25 bits per heavy atom. The van der Waals surface area contributed by atoms with Crippen LogP contribution >= 0.6 is 0 Å². The Labute approximate surface area is 167 Å². The molecule has 3 aromatic carbocycles. The molecule has 28 heavy (non-hydrogen) atoms. The number of hydrogen-bond acceptors (Lipinski definition) is 0. The van der Waals surface area contributed by atoms with E-state index in [-0.39, 0.29) is 5.82 Å². The van der Waals surface area contributed by atoms with E-state index < -0.39 is 0 Å². The third kappa shape index (κ3) is 5.60. The van der Waals surface area contributed by atoms with Gasteiger partial charge in [0.25, 0.3) is 0 Å². The summed E-state index contributed by atoms with van der Waals surface area (Å²) in [5.41, 5.74) is 5.45. The molecular formula is C27H23F. The summed E-state index contributed by atoms with van der Waals surface area (Å²) < 4.78 is 14.2. The van der Waals surface area contributed by atoms with E-state index in [1.54, 1.807) is 12.1 Å². The van der Waals surface area contributed by atoms with Crippen molar-refractivity contribution in [2.24, 2.45) is 0 Å². The average molecular weight is 366 g/mol. The van der Waals surface area contributed by atoms with E-state index >= 15 is 0 Å². The zero-order valence-electron chi connectivity index (χ0n) is 16.4. The van der Waals surface area contributed by atoms with Crippen molar-refractivity contribution < 1.29 is 4.39 Å². The van der Waals surface area contributed by atoms with E-state index in [4.69, 9.17) is 0 Å². The third-order valence-electron chi connectivity index (χ3n) is 4.48. The molecule has 3 rings (SSSR count). The first-order valence-electron chi connectivity index (χ1n) is 9.63. The van der Waals surface area contributed by atoms with Gasteiger partial charge in [0.15, 0.2) is 0 Å². The van der Waals surface area contributed by atoms with Crippen LogP contribution in [0.2, 0.25) is 0 Å². The van der Waals surface area contributed by atoms with Crippen molar-refractivity contribution in [2.45, 2.75) is 33.1 Å². The van der Waals surface area contributed by atoms with Crippen molar-refractivity contribution in [3.05, 3.63) is 106 Å². The van der Waals surface area contributed by atoms with Crippen molar-refractivity contribution in [3.8, 4) is 23.7 Å². The second-order valence-corrected chi connectivity index (χ2v) is 6.86. The molecule has 0 unspecified atom stereocenters. The zero-order valence-corrected chi connectivity index (χ0v) is 16.4. The summed E-state index contributed by atoms with van der Waals surface area (Å²) in [4.78, 5) is 0. The first-order chi connectivity index (χ1) is 13.6. The number of rotatable bonds is 3. The second-order valence-electron chi connectivity index (χ2n) is 6.86. The first kappa shape index (κ1) is 19.5. The van der Waals surface area contributed by atoms with Crippen LogP contribution in [0, 0.1) is 36.4 Å². The maximum atomic E-state index is 14.2. The Bertz CT molecular complexity index is 1050. The van der Waals surface area contributed by atoms with E-state index in [0.29, 0.717) is 5.56 Å². The monoisotopic (exact) mass is 366 g/mol. The molecule has 0 atom stereocenters. The number of halogens is 1. The minimum Gasteiger partial charge on any atom is -0.206 e. The van der Waals surface area contributed by atoms with Gasteiger partial charge in [0, 0.05) is 16.7 Å². The number of benzene rings is 3. The number of unbranched alkanes of at least 4 members (excludes halogenated alkanes) is 1. The van der Waals surface area contributed by atoms with Gasteiger partial charge in [-0.15, -0.1) is 0 Å². The molecule has 0 spiro atoms. The zero-order chi connectivity index (χ0) is 19.8. The molecule has 0 amide bonds. The number of hydrogen-bond donors (Lipinski definition) is 0. The highest BCUT2D eigenvalue weighted by molar-refractivity contribution is 5.48. The summed E-state index contributed by atoms with van der Waals surface area (Å²) >= 11 is 0. The Kier molecular flexibility index (Phi) is 6.67. The third-order valence-corrected chi connectivity index (χ3v) is 4.48. The summed E-state index contributed by atoms with van der Waals surface area (Å²) in [6, 6.07) is 21.2. The summed E-state index contributed by atoms with van der Waals surface area (Å²) in [6.45, 7) is 4.19. The molecule has 138 valence electrons. The van der Waals surface area contributed by atoms with E-state index in [1.165, 1.54) is 5.56 Å². The van der Waals surface area contributed by atoms with Gasteiger partial charge in [0.2, 0.25) is 0 Å². The lowest BCUT2D eigenvalue weighted by Gasteiger charge is -2.01. The highest BCUT2D eigenvalue weighted by Gasteiger charge is 2.01. The summed E-state index contributed by atoms with van der Waals surface area (Å²) in [7, 11) is 0. The molecule has 0 N–H and O–H groups in total. The van der Waals surface area contributed by atoms with Crippen LogP contribution in [0.5, 0.6) is 0 Å². The molecule has 0 heterocycles. The smallest absolute Gasteiger partial charge is 0.139 e. The van der Waals surface area contributed by atoms with Crippen LogP contribution in [-0.2, 0) is 6.42 Å². The standard InChI is InChI=1S/C27H23F/c1-3-4-5-25-17-19-26(27(28)20-25)18-16-24-14-12-23(13-15-24)11-10-22-8-6-21(2)7-9-22/h6-9,12-15,17,19-20H,3-5H2,1-2H3. The first-order valence-corrected chi connectivity index (χ1v) is 9.63. The Morgan fingerprint density at radius 1 is 0.714 bits per heavy atom. The van der Waals surface area contributed by atoms with E-state index in [1.807, 2.05) is 42.5 Å². The fourth-order valence-electron chi connectivity index (χ4n) is 2.75. The molecule has 0 aliphatic rings. The van der Waals surface area contributed by atoms with Gasteiger partial charge in [-0.3, -0.25) is 0 Å². The van der Waals surface area contributed by atoms with Crippen molar-refractivity contribution in [1.82, 2.24) is 0 Å². The van der Waals surface area contributed by atoms with Crippen LogP contribution in [0.15, 0.2) is 66.7 Å². The molecule has 0 saturated carbocycles. The highest BCUT2D eigenvalue weighted by atomic mass is 19.1. The molecule has 0 nitrogen and oxygen atoms in total. The molecule has 0 radical (unpaired) electrons. The number of aryl methyl sites for hydroxylation is 2. The van der Waals surface area contributed by atoms with Crippen LogP contribution in [0.1, 0.15) is 53.1 Å². The van der Waals surface area contributed by atoms with Crippen LogP contribution < -0.4 is 0 Å². The van der Waals surface area contributed by atoms with E-state index in [0.717, 1.165) is 41.5 Å². The molecule has 0 fully saturated rings. The second kappa shape index (κ2) is 9.59. The largest absolute Gasteiger partial charge is 0.206 e. The van der Waals surface area contributed by atoms with Crippen LogP contribution in [-0.4, -0.2) is 0 Å². The fourth-order valence-corrected chi connectivity index (χ4v) is 2.75. The summed E-state index contributed by atoms with van der Waals surface area (Å²) in [5, 5.41) is 0. The van der Waals surface area contributed by atoms with Gasteiger partial charge in [-0.1, -0.05) is 60.8 Å². The quantitative estimate of drug-likeness (QED) is 0.479. The van der Waals surface area contributed by atoms with Crippen molar-refractivity contribution in [3.63, 3.8) is 0 Å². The van der Waals surface area contributed by atoms with Gasteiger partial charge in [0.1, 0.15) is 5.82 Å². The summed E-state index contributed by atoms with van der Waals surface area (Å²) in [5.74, 6) is 12.0. The molecule has 0 aliphatic heterocycles. The Balaban J connectivity index is 1.69. The minimum atomic E-state index is -0.248. The fraction of sp³-hybridized carbons (Fsp3) is 0.185. The van der Waals surface area contributed by atoms with E-state index in [2.05, 4.69) is 49.7 Å². The molecule has 0 aromatic heterocycles. The Hall–Kier alpha value is -3.29. The minimum absolute atomic E-state index is 0.248. The lowest BCUT2D eigenvalue weighted by Crippen LogP contribution is -1.90. The van der Waals surface area contributed by atoms with Gasteiger partial charge in [-0.2, -0.15) is 0 Å². The van der Waals surface area contributed by atoms with Crippen molar-refractivity contribution in [1.29, 1.82) is 0 Å². The maximum absolute atomic E-state index is 14.2. The normalized spacial score (nSPS) is 9.82. The molecule has 3 aromatic rings. The molecular weight excluding hydrogens is 343 g/mol.